The largest absolute Gasteiger partial charge is 0.408 e. The number of hydrogen-bond donors (Lipinski definition) is 3. The smallest absolute Gasteiger partial charge is 0.315 e. The molecule has 4 N–H and O–H groups in total. The van der Waals surface area contributed by atoms with Gasteiger partial charge in [-0.1, -0.05) is 36.5 Å². The van der Waals surface area contributed by atoms with Crippen molar-refractivity contribution in [2.24, 2.45) is 0 Å². The van der Waals surface area contributed by atoms with Crippen LogP contribution in [0.1, 0.15) is 78.2 Å². The number of anilines is 2. The summed E-state index contributed by atoms with van der Waals surface area (Å²) in [6.45, 7) is 0.629. The van der Waals surface area contributed by atoms with Crippen molar-refractivity contribution in [3.63, 3.8) is 0 Å². The first-order valence-electron chi connectivity index (χ1n) is 11.1. The van der Waals surface area contributed by atoms with Gasteiger partial charge < -0.3 is 20.4 Å². The summed E-state index contributed by atoms with van der Waals surface area (Å²) in [6.07, 6.45) is 6.31. The van der Waals surface area contributed by atoms with Crippen molar-refractivity contribution in [1.29, 1.82) is 0 Å². The molecule has 5 rings (SSSR count). The second kappa shape index (κ2) is 8.25. The van der Waals surface area contributed by atoms with Gasteiger partial charge in [-0.05, 0) is 30.4 Å². The van der Waals surface area contributed by atoms with Gasteiger partial charge >= 0.3 is 6.01 Å². The van der Waals surface area contributed by atoms with Gasteiger partial charge in [-0.25, -0.2) is 0 Å². The Balaban J connectivity index is 1.28. The summed E-state index contributed by atoms with van der Waals surface area (Å²) in [7, 11) is 0. The van der Waals surface area contributed by atoms with Crippen LogP contribution in [0.3, 0.4) is 0 Å². The number of aromatic nitrogens is 2. The van der Waals surface area contributed by atoms with Crippen LogP contribution in [-0.2, 0) is 22.7 Å². The van der Waals surface area contributed by atoms with E-state index in [1.165, 1.54) is 24.2 Å². The van der Waals surface area contributed by atoms with Crippen LogP contribution in [0, 0.1) is 0 Å². The Bertz CT molecular complexity index is 1070. The van der Waals surface area contributed by atoms with Crippen LogP contribution in [-0.4, -0.2) is 38.9 Å². The van der Waals surface area contributed by atoms with Gasteiger partial charge in [0.05, 0.1) is 5.56 Å². The van der Waals surface area contributed by atoms with Crippen LogP contribution in [0.2, 0.25) is 0 Å². The number of nitrogens with one attached hydrogen (secondary N) is 2. The molecule has 2 aromatic rings. The molecule has 0 spiro atoms. The second-order valence-electron chi connectivity index (χ2n) is 8.71. The third-order valence-corrected chi connectivity index (χ3v) is 6.65. The Labute approximate surface area is 184 Å². The highest BCUT2D eigenvalue weighted by Crippen LogP contribution is 2.34. The van der Waals surface area contributed by atoms with E-state index in [9.17, 15) is 14.4 Å². The van der Waals surface area contributed by atoms with Gasteiger partial charge in [-0.3, -0.25) is 19.7 Å². The molecule has 1 saturated carbocycles. The Hall–Kier alpha value is -3.43. The summed E-state index contributed by atoms with van der Waals surface area (Å²) in [5, 5.41) is 13.7. The Morgan fingerprint density at radius 1 is 1.12 bits per heavy atom. The lowest BCUT2D eigenvalue weighted by Gasteiger charge is -2.29. The number of fused-ring (bicyclic) bond motifs is 1. The monoisotopic (exact) mass is 438 g/mol. The number of benzene rings is 1. The van der Waals surface area contributed by atoms with Crippen LogP contribution in [0.4, 0.5) is 11.7 Å². The van der Waals surface area contributed by atoms with Gasteiger partial charge in [0.15, 0.2) is 0 Å². The van der Waals surface area contributed by atoms with E-state index in [0.29, 0.717) is 48.6 Å². The van der Waals surface area contributed by atoms with Crippen LogP contribution in [0.5, 0.6) is 0 Å². The molecule has 1 unspecified atom stereocenters. The van der Waals surface area contributed by atoms with Crippen molar-refractivity contribution in [3.05, 3.63) is 34.7 Å². The van der Waals surface area contributed by atoms with Gasteiger partial charge in [-0.2, -0.15) is 0 Å². The number of piperidine rings is 1. The zero-order chi connectivity index (χ0) is 22.2. The molecule has 1 atom stereocenters. The van der Waals surface area contributed by atoms with Gasteiger partial charge in [0.25, 0.3) is 5.91 Å². The van der Waals surface area contributed by atoms with Gasteiger partial charge in [0, 0.05) is 31.1 Å². The number of carbonyl (C=O) groups excluding carboxylic acids is 3. The normalized spacial score (nSPS) is 21.6. The van der Waals surface area contributed by atoms with Gasteiger partial charge in [0.2, 0.25) is 17.7 Å². The van der Waals surface area contributed by atoms with E-state index in [2.05, 4.69) is 20.8 Å². The summed E-state index contributed by atoms with van der Waals surface area (Å²) < 4.78 is 5.79. The predicted molar refractivity (Wildman–Crippen MR) is 114 cm³/mol. The first kappa shape index (κ1) is 20.5. The fourth-order valence-corrected chi connectivity index (χ4v) is 4.87. The maximum absolute atomic E-state index is 13.1. The average molecular weight is 438 g/mol. The van der Waals surface area contributed by atoms with Crippen molar-refractivity contribution in [3.8, 4) is 0 Å². The maximum Gasteiger partial charge on any atom is 0.315 e. The number of rotatable bonds is 5. The number of amides is 3. The minimum atomic E-state index is -0.662. The third-order valence-electron chi connectivity index (χ3n) is 6.65. The quantitative estimate of drug-likeness (QED) is 0.475. The number of nitrogens with zero attached hydrogens (tertiary/aromatic N) is 3. The lowest BCUT2D eigenvalue weighted by Crippen LogP contribution is -2.52. The van der Waals surface area contributed by atoms with Crippen molar-refractivity contribution in [1.82, 2.24) is 20.4 Å². The summed E-state index contributed by atoms with van der Waals surface area (Å²) in [6, 6.07) is 3.39. The molecule has 0 bridgehead atoms. The zero-order valence-electron chi connectivity index (χ0n) is 17.7. The van der Waals surface area contributed by atoms with Crippen LogP contribution in [0.15, 0.2) is 16.5 Å². The van der Waals surface area contributed by atoms with Crippen molar-refractivity contribution < 1.29 is 18.8 Å². The summed E-state index contributed by atoms with van der Waals surface area (Å²) >= 11 is 0. The van der Waals surface area contributed by atoms with E-state index in [-0.39, 0.29) is 18.2 Å². The second-order valence-corrected chi connectivity index (χ2v) is 8.71. The Morgan fingerprint density at radius 3 is 2.72 bits per heavy atom. The van der Waals surface area contributed by atoms with Crippen molar-refractivity contribution >= 4 is 29.4 Å². The van der Waals surface area contributed by atoms with Gasteiger partial charge in [-0.15, -0.1) is 5.10 Å². The molecule has 32 heavy (non-hydrogen) atoms. The molecule has 3 heterocycles. The average Bonchev–Trinajstić information content (AvgIpc) is 3.39. The summed E-state index contributed by atoms with van der Waals surface area (Å²) in [4.78, 5) is 38.2. The summed E-state index contributed by atoms with van der Waals surface area (Å²) in [5.74, 6) is -0.0351. The number of nitrogens with two attached hydrogens (primary N) is 1. The third kappa shape index (κ3) is 3.69. The minimum Gasteiger partial charge on any atom is -0.408 e. The molecule has 3 aliphatic rings. The SMILES string of the molecule is Nc1c(CNc2nnc(C3CCCCC3)o2)ccc2c1C(=O)N(C1CCC(=O)NC1=O)C2. The lowest BCUT2D eigenvalue weighted by molar-refractivity contribution is -0.136. The molecular formula is C22H26N6O4. The maximum atomic E-state index is 13.1. The molecule has 2 fully saturated rings. The predicted octanol–water partition coefficient (Wildman–Crippen LogP) is 2.07. The van der Waals surface area contributed by atoms with E-state index in [4.69, 9.17) is 10.2 Å². The molecular weight excluding hydrogens is 412 g/mol. The highest BCUT2D eigenvalue weighted by atomic mass is 16.4. The first-order valence-corrected chi connectivity index (χ1v) is 11.1. The van der Waals surface area contributed by atoms with Crippen molar-refractivity contribution in [2.45, 2.75) is 70.0 Å². The Morgan fingerprint density at radius 2 is 1.94 bits per heavy atom. The lowest BCUT2D eigenvalue weighted by atomic mass is 9.89. The molecule has 0 radical (unpaired) electrons. The molecule has 1 aliphatic carbocycles. The first-order chi connectivity index (χ1) is 15.5. The molecule has 3 amide bonds. The van der Waals surface area contributed by atoms with E-state index in [1.54, 1.807) is 0 Å². The van der Waals surface area contributed by atoms with Crippen LogP contribution >= 0.6 is 0 Å². The minimum absolute atomic E-state index is 0.216. The number of imide groups is 1. The molecule has 10 nitrogen and oxygen atoms in total. The van der Waals surface area contributed by atoms with Crippen LogP contribution < -0.4 is 16.4 Å². The number of carbonyl (C=O) groups is 3. The van der Waals surface area contributed by atoms with Crippen molar-refractivity contribution in [2.75, 3.05) is 11.1 Å². The highest BCUT2D eigenvalue weighted by molar-refractivity contribution is 6.07. The fraction of sp³-hybridized carbons (Fsp3) is 0.500. The van der Waals surface area contributed by atoms with Crippen LogP contribution in [0.25, 0.3) is 0 Å². The molecule has 1 saturated heterocycles. The van der Waals surface area contributed by atoms with E-state index < -0.39 is 11.9 Å². The Kier molecular flexibility index (Phi) is 5.28. The molecule has 1 aromatic heterocycles. The highest BCUT2D eigenvalue weighted by Gasteiger charge is 2.40. The van der Waals surface area contributed by atoms with E-state index >= 15 is 0 Å². The fourth-order valence-electron chi connectivity index (χ4n) is 4.87. The van der Waals surface area contributed by atoms with E-state index in [1.807, 2.05) is 12.1 Å². The number of hydrogen-bond acceptors (Lipinski definition) is 8. The molecule has 2 aliphatic heterocycles. The molecule has 168 valence electrons. The summed E-state index contributed by atoms with van der Waals surface area (Å²) in [5.41, 5.74) is 8.66. The van der Waals surface area contributed by atoms with E-state index in [0.717, 1.165) is 24.0 Å². The van der Waals surface area contributed by atoms with Gasteiger partial charge in [0.1, 0.15) is 6.04 Å². The zero-order valence-corrected chi connectivity index (χ0v) is 17.7. The molecule has 1 aromatic carbocycles. The standard InChI is InChI=1S/C22H26N6O4/c23-18-13(10-24-22-27-26-20(32-22)12-4-2-1-3-5-12)6-7-14-11-28(21(31)17(14)18)15-8-9-16(29)25-19(15)30/h6-7,12,15H,1-5,8-11,23H2,(H,24,27)(H,25,29,30). The number of nitrogen functional groups attached to an aromatic ring is 1. The topological polar surface area (TPSA) is 143 Å². The molecule has 10 heteroatoms.